The molecule has 3 heteroatoms. The monoisotopic (exact) mass is 400 g/mol. The molecule has 162 valence electrons. The summed E-state index contributed by atoms with van der Waals surface area (Å²) in [5, 5.41) is 0. The Bertz CT molecular complexity index is 563. The third-order valence-electron chi connectivity index (χ3n) is 5.10. The molecule has 0 amide bonds. The standard InChI is InChI=1S/C26H40O3/c1-2-3-4-5-6-7-8-9-10-11-12-13-14-15-19-22-26(28)29-23-25(27)24-20-17-16-18-21-24/h9-10,16-18,20-21H,2-8,11-15,19,22-23H2,1H3/b10-9+. The highest BCUT2D eigenvalue weighted by molar-refractivity contribution is 5.97. The molecule has 0 aliphatic rings. The molecule has 0 aliphatic carbocycles. The largest absolute Gasteiger partial charge is 0.457 e. The molecule has 0 saturated heterocycles. The summed E-state index contributed by atoms with van der Waals surface area (Å²) in [6.07, 6.45) is 21.1. The van der Waals surface area contributed by atoms with Crippen molar-refractivity contribution in [3.63, 3.8) is 0 Å². The molecule has 1 rings (SSSR count). The summed E-state index contributed by atoms with van der Waals surface area (Å²) in [6.45, 7) is 2.10. The number of rotatable bonds is 18. The van der Waals surface area contributed by atoms with E-state index in [9.17, 15) is 9.59 Å². The average Bonchev–Trinajstić information content (AvgIpc) is 2.75. The van der Waals surface area contributed by atoms with Crippen molar-refractivity contribution in [2.75, 3.05) is 6.61 Å². The molecule has 0 radical (unpaired) electrons. The maximum atomic E-state index is 11.9. The van der Waals surface area contributed by atoms with Crippen molar-refractivity contribution in [3.05, 3.63) is 48.0 Å². The minimum Gasteiger partial charge on any atom is -0.457 e. The number of benzene rings is 1. The fraction of sp³-hybridized carbons (Fsp3) is 0.615. The zero-order valence-electron chi connectivity index (χ0n) is 18.4. The summed E-state index contributed by atoms with van der Waals surface area (Å²) in [7, 11) is 0. The number of carbonyl (C=O) groups is 2. The Morgan fingerprint density at radius 1 is 0.759 bits per heavy atom. The van der Waals surface area contributed by atoms with Crippen LogP contribution < -0.4 is 0 Å². The molecule has 3 nitrogen and oxygen atoms in total. The lowest BCUT2D eigenvalue weighted by Gasteiger charge is -2.04. The normalized spacial score (nSPS) is 11.1. The molecule has 0 fully saturated rings. The maximum absolute atomic E-state index is 11.9. The summed E-state index contributed by atoms with van der Waals surface area (Å²) in [5.74, 6) is -0.421. The molecule has 29 heavy (non-hydrogen) atoms. The third kappa shape index (κ3) is 14.7. The number of hydrogen-bond donors (Lipinski definition) is 0. The minimum absolute atomic E-state index is 0.150. The van der Waals surface area contributed by atoms with Crippen molar-refractivity contribution in [1.82, 2.24) is 0 Å². The highest BCUT2D eigenvalue weighted by atomic mass is 16.5. The molecule has 0 aliphatic heterocycles. The Labute approximate surface area is 177 Å². The van der Waals surface area contributed by atoms with Gasteiger partial charge in [0.2, 0.25) is 0 Å². The van der Waals surface area contributed by atoms with Crippen molar-refractivity contribution in [2.24, 2.45) is 0 Å². The van der Waals surface area contributed by atoms with Crippen molar-refractivity contribution >= 4 is 11.8 Å². The molecule has 0 saturated carbocycles. The van der Waals surface area contributed by atoms with Gasteiger partial charge in [0.15, 0.2) is 12.4 Å². The zero-order chi connectivity index (χ0) is 21.0. The Morgan fingerprint density at radius 2 is 1.31 bits per heavy atom. The van der Waals surface area contributed by atoms with Gasteiger partial charge in [-0.05, 0) is 32.1 Å². The number of allylic oxidation sites excluding steroid dienone is 2. The molecule has 0 aromatic heterocycles. The predicted molar refractivity (Wildman–Crippen MR) is 121 cm³/mol. The lowest BCUT2D eigenvalue weighted by Crippen LogP contribution is -2.13. The molecule has 0 bridgehead atoms. The minimum atomic E-state index is -0.271. The van der Waals surface area contributed by atoms with Gasteiger partial charge in [-0.15, -0.1) is 0 Å². The summed E-state index contributed by atoms with van der Waals surface area (Å²) in [6, 6.07) is 8.94. The fourth-order valence-electron chi connectivity index (χ4n) is 3.27. The topological polar surface area (TPSA) is 43.4 Å². The van der Waals surface area contributed by atoms with Crippen molar-refractivity contribution in [2.45, 2.75) is 96.8 Å². The number of unbranched alkanes of at least 4 members (excludes halogenated alkanes) is 11. The van der Waals surface area contributed by atoms with E-state index in [1.165, 1.54) is 64.2 Å². The van der Waals surface area contributed by atoms with Crippen LogP contribution in [0.1, 0.15) is 107 Å². The van der Waals surface area contributed by atoms with E-state index in [1.807, 2.05) is 6.07 Å². The summed E-state index contributed by atoms with van der Waals surface area (Å²) in [5.41, 5.74) is 0.585. The average molecular weight is 401 g/mol. The van der Waals surface area contributed by atoms with Crippen LogP contribution >= 0.6 is 0 Å². The summed E-state index contributed by atoms with van der Waals surface area (Å²) in [4.78, 5) is 23.6. The second kappa shape index (κ2) is 18.1. The van der Waals surface area contributed by atoms with Gasteiger partial charge in [0.05, 0.1) is 0 Å². The molecule has 0 unspecified atom stereocenters. The van der Waals surface area contributed by atoms with E-state index in [2.05, 4.69) is 19.1 Å². The smallest absolute Gasteiger partial charge is 0.306 e. The molecule has 1 aromatic carbocycles. The van der Waals surface area contributed by atoms with Crippen LogP contribution in [0.2, 0.25) is 0 Å². The summed E-state index contributed by atoms with van der Waals surface area (Å²) < 4.78 is 5.08. The van der Waals surface area contributed by atoms with E-state index in [4.69, 9.17) is 4.74 Å². The lowest BCUT2D eigenvalue weighted by molar-refractivity contribution is -0.142. The van der Waals surface area contributed by atoms with Crippen LogP contribution in [0.25, 0.3) is 0 Å². The van der Waals surface area contributed by atoms with Gasteiger partial charge in [-0.3, -0.25) is 9.59 Å². The first-order chi connectivity index (χ1) is 14.2. The molecule has 0 N–H and O–H groups in total. The van der Waals surface area contributed by atoms with Gasteiger partial charge in [0.25, 0.3) is 0 Å². The van der Waals surface area contributed by atoms with Crippen LogP contribution in [0, 0.1) is 0 Å². The predicted octanol–water partition coefficient (Wildman–Crippen LogP) is 7.45. The zero-order valence-corrected chi connectivity index (χ0v) is 18.4. The van der Waals surface area contributed by atoms with Gasteiger partial charge in [-0.2, -0.15) is 0 Å². The Morgan fingerprint density at radius 3 is 1.93 bits per heavy atom. The number of ketones is 1. The summed E-state index contributed by atoms with van der Waals surface area (Å²) >= 11 is 0. The Hall–Kier alpha value is -1.90. The van der Waals surface area contributed by atoms with Gasteiger partial charge in [-0.1, -0.05) is 101 Å². The van der Waals surface area contributed by atoms with Crippen molar-refractivity contribution in [3.8, 4) is 0 Å². The Kier molecular flexibility index (Phi) is 15.7. The number of ether oxygens (including phenoxy) is 1. The van der Waals surface area contributed by atoms with E-state index in [0.717, 1.165) is 19.3 Å². The van der Waals surface area contributed by atoms with E-state index in [0.29, 0.717) is 12.0 Å². The lowest BCUT2D eigenvalue weighted by atomic mass is 10.1. The van der Waals surface area contributed by atoms with Crippen LogP contribution in [-0.2, 0) is 9.53 Å². The molecule has 0 atom stereocenters. The number of hydrogen-bond acceptors (Lipinski definition) is 3. The maximum Gasteiger partial charge on any atom is 0.306 e. The number of esters is 1. The first kappa shape index (κ1) is 25.1. The highest BCUT2D eigenvalue weighted by Gasteiger charge is 2.09. The van der Waals surface area contributed by atoms with Crippen LogP contribution in [-0.4, -0.2) is 18.4 Å². The second-order valence-corrected chi connectivity index (χ2v) is 7.78. The van der Waals surface area contributed by atoms with Gasteiger partial charge >= 0.3 is 5.97 Å². The molecule has 0 spiro atoms. The molecule has 1 aromatic rings. The van der Waals surface area contributed by atoms with Gasteiger partial charge < -0.3 is 4.74 Å². The number of Topliss-reactive ketones (excluding diaryl/α,β-unsaturated/α-hetero) is 1. The molecule has 0 heterocycles. The van der Waals surface area contributed by atoms with Crippen molar-refractivity contribution < 1.29 is 14.3 Å². The quantitative estimate of drug-likeness (QED) is 0.111. The van der Waals surface area contributed by atoms with Crippen LogP contribution in [0.5, 0.6) is 0 Å². The van der Waals surface area contributed by atoms with Crippen LogP contribution in [0.15, 0.2) is 42.5 Å². The van der Waals surface area contributed by atoms with Gasteiger partial charge in [-0.25, -0.2) is 0 Å². The van der Waals surface area contributed by atoms with E-state index in [1.54, 1.807) is 24.3 Å². The second-order valence-electron chi connectivity index (χ2n) is 7.78. The van der Waals surface area contributed by atoms with Crippen LogP contribution in [0.3, 0.4) is 0 Å². The molecular formula is C26H40O3. The first-order valence-corrected chi connectivity index (χ1v) is 11.6. The SMILES string of the molecule is CCCCCCCC/C=C/CCCCCCCC(=O)OCC(=O)c1ccccc1. The number of carbonyl (C=O) groups excluding carboxylic acids is 2. The first-order valence-electron chi connectivity index (χ1n) is 11.6. The highest BCUT2D eigenvalue weighted by Crippen LogP contribution is 2.10. The Balaban J connectivity index is 1.87. The van der Waals surface area contributed by atoms with Gasteiger partial charge in [0, 0.05) is 12.0 Å². The van der Waals surface area contributed by atoms with Crippen LogP contribution in [0.4, 0.5) is 0 Å². The van der Waals surface area contributed by atoms with Crippen molar-refractivity contribution in [1.29, 1.82) is 0 Å². The molecular weight excluding hydrogens is 360 g/mol. The fourth-order valence-corrected chi connectivity index (χ4v) is 3.27. The third-order valence-corrected chi connectivity index (χ3v) is 5.10. The van der Waals surface area contributed by atoms with E-state index in [-0.39, 0.29) is 18.4 Å². The van der Waals surface area contributed by atoms with Gasteiger partial charge in [0.1, 0.15) is 0 Å². The van der Waals surface area contributed by atoms with E-state index >= 15 is 0 Å². The van der Waals surface area contributed by atoms with E-state index < -0.39 is 0 Å².